The van der Waals surface area contributed by atoms with Gasteiger partial charge in [0.15, 0.2) is 0 Å². The van der Waals surface area contributed by atoms with Crippen molar-refractivity contribution in [2.24, 2.45) is 0 Å². The maximum absolute atomic E-state index is 2.22. The van der Waals surface area contributed by atoms with E-state index in [9.17, 15) is 0 Å². The molecule has 54 valence electrons. The van der Waals surface area contributed by atoms with Crippen LogP contribution in [-0.4, -0.2) is 31.7 Å². The second-order valence-electron chi connectivity index (χ2n) is 3.38. The van der Waals surface area contributed by atoms with Gasteiger partial charge in [-0.3, -0.25) is 0 Å². The monoisotopic (exact) mass is 128 g/mol. The van der Waals surface area contributed by atoms with Crippen molar-refractivity contribution in [1.82, 2.24) is 0 Å². The summed E-state index contributed by atoms with van der Waals surface area (Å²) >= 11 is 0. The van der Waals surface area contributed by atoms with E-state index in [0.29, 0.717) is 6.04 Å². The molecule has 0 bridgehead atoms. The average Bonchev–Trinajstić information content (AvgIpc) is 1.64. The molecule has 1 heteroatoms. The Labute approximate surface area is 58.6 Å². The molecule has 1 unspecified atom stereocenters. The molecule has 0 aliphatic rings. The Kier molecular flexibility index (Phi) is 2.92. The molecule has 9 heavy (non-hydrogen) atoms. The molecule has 0 rings (SSSR count). The van der Waals surface area contributed by atoms with Crippen molar-refractivity contribution in [3.8, 4) is 0 Å². The van der Waals surface area contributed by atoms with E-state index in [2.05, 4.69) is 47.1 Å². The molecule has 0 spiro atoms. The van der Waals surface area contributed by atoms with Crippen LogP contribution in [0.3, 0.4) is 0 Å². The Morgan fingerprint density at radius 3 is 1.78 bits per heavy atom. The zero-order valence-electron chi connectivity index (χ0n) is 7.18. The van der Waals surface area contributed by atoms with Gasteiger partial charge in [0.2, 0.25) is 0 Å². The van der Waals surface area contributed by atoms with Crippen LogP contribution in [0.25, 0.3) is 0 Å². The molecule has 0 aliphatic carbocycles. The van der Waals surface area contributed by atoms with E-state index >= 15 is 0 Å². The molecule has 0 saturated heterocycles. The lowest BCUT2D eigenvalue weighted by atomic mass is 10.2. The van der Waals surface area contributed by atoms with Crippen LogP contribution in [0.2, 0.25) is 0 Å². The largest absolute Gasteiger partial charge is 0.325 e. The molecule has 1 atom stereocenters. The summed E-state index contributed by atoms with van der Waals surface area (Å²) in [5, 5.41) is 0. The molecule has 0 radical (unpaired) electrons. The minimum Gasteiger partial charge on any atom is -0.325 e. The molecule has 0 saturated carbocycles. The molecule has 0 aromatic rings. The molecule has 0 aromatic heterocycles. The van der Waals surface area contributed by atoms with Gasteiger partial charge in [0, 0.05) is 0 Å². The number of allylic oxidation sites excluding steroid dienone is 1. The van der Waals surface area contributed by atoms with Gasteiger partial charge < -0.3 is 4.48 Å². The highest BCUT2D eigenvalue weighted by molar-refractivity contribution is 4.83. The van der Waals surface area contributed by atoms with E-state index < -0.39 is 0 Å². The molecule has 0 N–H and O–H groups in total. The highest BCUT2D eigenvalue weighted by atomic mass is 15.3. The van der Waals surface area contributed by atoms with E-state index in [-0.39, 0.29) is 0 Å². The van der Waals surface area contributed by atoms with Crippen molar-refractivity contribution >= 4 is 0 Å². The van der Waals surface area contributed by atoms with Crippen molar-refractivity contribution < 1.29 is 4.48 Å². The first-order chi connectivity index (χ1) is 3.98. The lowest BCUT2D eigenvalue weighted by Gasteiger charge is -2.29. The second-order valence-corrected chi connectivity index (χ2v) is 3.38. The van der Waals surface area contributed by atoms with E-state index in [1.807, 2.05) is 0 Å². The van der Waals surface area contributed by atoms with Crippen LogP contribution in [-0.2, 0) is 0 Å². The smallest absolute Gasteiger partial charge is 0.104 e. The van der Waals surface area contributed by atoms with Gasteiger partial charge >= 0.3 is 0 Å². The number of hydrogen-bond acceptors (Lipinski definition) is 0. The van der Waals surface area contributed by atoms with Gasteiger partial charge in [-0.25, -0.2) is 0 Å². The van der Waals surface area contributed by atoms with Crippen LogP contribution in [0.15, 0.2) is 12.2 Å². The Balaban J connectivity index is 3.88. The minimum atomic E-state index is 0.620. The minimum absolute atomic E-state index is 0.620. The lowest BCUT2D eigenvalue weighted by Crippen LogP contribution is -2.41. The number of quaternary nitrogens is 1. The van der Waals surface area contributed by atoms with Crippen molar-refractivity contribution in [3.63, 3.8) is 0 Å². The zero-order chi connectivity index (χ0) is 7.49. The van der Waals surface area contributed by atoms with E-state index in [4.69, 9.17) is 0 Å². The topological polar surface area (TPSA) is 0 Å². The summed E-state index contributed by atoms with van der Waals surface area (Å²) in [5.74, 6) is 0. The fourth-order valence-corrected chi connectivity index (χ4v) is 0.537. The Morgan fingerprint density at radius 2 is 1.67 bits per heavy atom. The first-order valence-electron chi connectivity index (χ1n) is 3.42. The second kappa shape index (κ2) is 3.02. The summed E-state index contributed by atoms with van der Waals surface area (Å²) in [5.41, 5.74) is 0. The summed E-state index contributed by atoms with van der Waals surface area (Å²) in [6.45, 7) is 4.28. The number of hydrogen-bond donors (Lipinski definition) is 0. The summed E-state index contributed by atoms with van der Waals surface area (Å²) in [4.78, 5) is 0. The SMILES string of the molecule is CC=CC(C)[N+](C)(C)C. The molecule has 0 fully saturated rings. The number of rotatable bonds is 2. The standard InChI is InChI=1S/C8H18N/c1-6-7-8(2)9(3,4)5/h6-8H,1-5H3/q+1. The van der Waals surface area contributed by atoms with Crippen LogP contribution in [0.5, 0.6) is 0 Å². The van der Waals surface area contributed by atoms with E-state index in [1.54, 1.807) is 0 Å². The molecule has 0 heterocycles. The third-order valence-electron chi connectivity index (χ3n) is 1.69. The van der Waals surface area contributed by atoms with Crippen LogP contribution in [0, 0.1) is 0 Å². The normalized spacial score (nSPS) is 16.6. The number of likely N-dealkylation sites (N-methyl/N-ethyl adjacent to an activating group) is 1. The number of nitrogens with zero attached hydrogens (tertiary/aromatic N) is 1. The first kappa shape index (κ1) is 8.70. The zero-order valence-corrected chi connectivity index (χ0v) is 7.18. The predicted molar refractivity (Wildman–Crippen MR) is 42.3 cm³/mol. The van der Waals surface area contributed by atoms with Crippen LogP contribution in [0.1, 0.15) is 13.8 Å². The highest BCUT2D eigenvalue weighted by Crippen LogP contribution is 2.02. The van der Waals surface area contributed by atoms with Gasteiger partial charge in [0.25, 0.3) is 0 Å². The van der Waals surface area contributed by atoms with Crippen molar-refractivity contribution in [2.75, 3.05) is 21.1 Å². The molecule has 0 amide bonds. The van der Waals surface area contributed by atoms with E-state index in [0.717, 1.165) is 4.48 Å². The van der Waals surface area contributed by atoms with Gasteiger partial charge in [-0.15, -0.1) is 0 Å². The third-order valence-corrected chi connectivity index (χ3v) is 1.69. The van der Waals surface area contributed by atoms with Gasteiger partial charge in [-0.2, -0.15) is 0 Å². The Hall–Kier alpha value is -0.300. The van der Waals surface area contributed by atoms with Crippen LogP contribution < -0.4 is 0 Å². The summed E-state index contributed by atoms with van der Waals surface area (Å²) in [7, 11) is 6.60. The fourth-order valence-electron chi connectivity index (χ4n) is 0.537. The predicted octanol–water partition coefficient (Wildman–Crippen LogP) is 1.66. The van der Waals surface area contributed by atoms with Crippen molar-refractivity contribution in [3.05, 3.63) is 12.2 Å². The van der Waals surface area contributed by atoms with Gasteiger partial charge in [0.1, 0.15) is 6.04 Å². The Morgan fingerprint density at radius 1 is 1.22 bits per heavy atom. The molecular formula is C8H18N+. The highest BCUT2D eigenvalue weighted by Gasteiger charge is 2.13. The Bertz CT molecular complexity index is 97.6. The molecular weight excluding hydrogens is 110 g/mol. The first-order valence-corrected chi connectivity index (χ1v) is 3.42. The molecule has 0 aromatic carbocycles. The maximum atomic E-state index is 2.22. The summed E-state index contributed by atoms with van der Waals surface area (Å²) in [6, 6.07) is 0.620. The maximum Gasteiger partial charge on any atom is 0.104 e. The van der Waals surface area contributed by atoms with Gasteiger partial charge in [0.05, 0.1) is 21.1 Å². The fraction of sp³-hybridized carbons (Fsp3) is 0.750. The van der Waals surface area contributed by atoms with Crippen LogP contribution in [0.4, 0.5) is 0 Å². The van der Waals surface area contributed by atoms with Crippen molar-refractivity contribution in [2.45, 2.75) is 19.9 Å². The lowest BCUT2D eigenvalue weighted by molar-refractivity contribution is -0.887. The van der Waals surface area contributed by atoms with Gasteiger partial charge in [-0.05, 0) is 19.9 Å². The van der Waals surface area contributed by atoms with E-state index in [1.165, 1.54) is 0 Å². The average molecular weight is 128 g/mol. The quantitative estimate of drug-likeness (QED) is 0.392. The van der Waals surface area contributed by atoms with Crippen molar-refractivity contribution in [1.29, 1.82) is 0 Å². The molecule has 1 nitrogen and oxygen atoms in total. The molecule has 0 aliphatic heterocycles. The summed E-state index contributed by atoms with van der Waals surface area (Å²) in [6.07, 6.45) is 4.33. The summed E-state index contributed by atoms with van der Waals surface area (Å²) < 4.78 is 1.00. The van der Waals surface area contributed by atoms with Gasteiger partial charge in [-0.1, -0.05) is 6.08 Å². The third kappa shape index (κ3) is 3.31. The van der Waals surface area contributed by atoms with Crippen LogP contribution >= 0.6 is 0 Å².